The summed E-state index contributed by atoms with van der Waals surface area (Å²) in [5.74, 6) is -0.168. The molecule has 0 radical (unpaired) electrons. The Labute approximate surface area is 95.8 Å². The van der Waals surface area contributed by atoms with Gasteiger partial charge in [0, 0.05) is 5.56 Å². The highest BCUT2D eigenvalue weighted by atomic mass is 19.1. The highest BCUT2D eigenvalue weighted by molar-refractivity contribution is 5.21. The molecule has 88 valence electrons. The van der Waals surface area contributed by atoms with E-state index in [-0.39, 0.29) is 11.9 Å². The second-order valence-electron chi connectivity index (χ2n) is 4.25. The highest BCUT2D eigenvalue weighted by Crippen LogP contribution is 2.24. The average Bonchev–Trinajstić information content (AvgIpc) is 2.23. The van der Waals surface area contributed by atoms with Crippen molar-refractivity contribution in [2.75, 3.05) is 13.7 Å². The molecule has 0 amide bonds. The molecule has 1 aromatic rings. The Hall–Kier alpha value is -0.930. The first-order chi connectivity index (χ1) is 7.81. The average molecular weight is 223 g/mol. The van der Waals surface area contributed by atoms with Gasteiger partial charge in [-0.3, -0.25) is 0 Å². The van der Waals surface area contributed by atoms with Crippen molar-refractivity contribution in [2.24, 2.45) is 0 Å². The molecule has 1 aromatic carbocycles. The first kappa shape index (κ1) is 11.6. The van der Waals surface area contributed by atoms with Gasteiger partial charge in [-0.25, -0.2) is 4.39 Å². The van der Waals surface area contributed by atoms with Gasteiger partial charge in [-0.05, 0) is 32.4 Å². The lowest BCUT2D eigenvalue weighted by Crippen LogP contribution is -2.29. The summed E-state index contributed by atoms with van der Waals surface area (Å²) >= 11 is 0. The molecule has 1 atom stereocenters. The standard InChI is InChI=1S/C13H18FNO/c1-15-13(9-16-10-5-4-6-10)11-7-2-3-8-12(11)14/h2-3,7-8,10,13,15H,4-6,9H2,1H3. The van der Waals surface area contributed by atoms with Crippen molar-refractivity contribution < 1.29 is 9.13 Å². The van der Waals surface area contributed by atoms with E-state index in [0.717, 1.165) is 12.8 Å². The summed E-state index contributed by atoms with van der Waals surface area (Å²) in [5, 5.41) is 3.10. The minimum absolute atomic E-state index is 0.0539. The van der Waals surface area contributed by atoms with Gasteiger partial charge >= 0.3 is 0 Å². The van der Waals surface area contributed by atoms with Crippen LogP contribution in [0, 0.1) is 5.82 Å². The molecule has 3 heteroatoms. The third-order valence-corrected chi connectivity index (χ3v) is 3.18. The molecule has 1 fully saturated rings. The van der Waals surface area contributed by atoms with Crippen molar-refractivity contribution in [3.8, 4) is 0 Å². The zero-order chi connectivity index (χ0) is 11.4. The molecule has 1 N–H and O–H groups in total. The van der Waals surface area contributed by atoms with Crippen molar-refractivity contribution >= 4 is 0 Å². The van der Waals surface area contributed by atoms with Crippen molar-refractivity contribution in [1.29, 1.82) is 0 Å². The predicted molar refractivity (Wildman–Crippen MR) is 61.8 cm³/mol. The Morgan fingerprint density at radius 3 is 2.75 bits per heavy atom. The van der Waals surface area contributed by atoms with Gasteiger partial charge in [0.15, 0.2) is 0 Å². The Morgan fingerprint density at radius 2 is 2.19 bits per heavy atom. The van der Waals surface area contributed by atoms with E-state index in [1.807, 2.05) is 13.1 Å². The van der Waals surface area contributed by atoms with Gasteiger partial charge in [-0.1, -0.05) is 18.2 Å². The van der Waals surface area contributed by atoms with Gasteiger partial charge in [0.05, 0.1) is 18.8 Å². The Kier molecular flexibility index (Phi) is 3.91. The zero-order valence-electron chi connectivity index (χ0n) is 9.58. The van der Waals surface area contributed by atoms with Crippen LogP contribution in [0.4, 0.5) is 4.39 Å². The minimum Gasteiger partial charge on any atom is -0.376 e. The molecule has 16 heavy (non-hydrogen) atoms. The van der Waals surface area contributed by atoms with Crippen LogP contribution in [0.25, 0.3) is 0 Å². The fourth-order valence-electron chi connectivity index (χ4n) is 1.86. The van der Waals surface area contributed by atoms with E-state index in [9.17, 15) is 4.39 Å². The lowest BCUT2D eigenvalue weighted by molar-refractivity contribution is -0.00831. The molecule has 0 saturated heterocycles. The number of likely N-dealkylation sites (N-methyl/N-ethyl adjacent to an activating group) is 1. The zero-order valence-corrected chi connectivity index (χ0v) is 9.58. The van der Waals surface area contributed by atoms with Crippen LogP contribution in [-0.2, 0) is 4.74 Å². The maximum atomic E-state index is 13.6. The molecule has 2 nitrogen and oxygen atoms in total. The maximum absolute atomic E-state index is 13.6. The lowest BCUT2D eigenvalue weighted by Gasteiger charge is -2.28. The third-order valence-electron chi connectivity index (χ3n) is 3.18. The van der Waals surface area contributed by atoms with Crippen LogP contribution in [0.15, 0.2) is 24.3 Å². The summed E-state index contributed by atoms with van der Waals surface area (Å²) in [6.45, 7) is 0.544. The third kappa shape index (κ3) is 2.60. The van der Waals surface area contributed by atoms with Crippen LogP contribution >= 0.6 is 0 Å². The molecule has 1 aliphatic carbocycles. The van der Waals surface area contributed by atoms with E-state index in [4.69, 9.17) is 4.74 Å². The van der Waals surface area contributed by atoms with Crippen LogP contribution in [0.5, 0.6) is 0 Å². The fourth-order valence-corrected chi connectivity index (χ4v) is 1.86. The predicted octanol–water partition coefficient (Wildman–Crippen LogP) is 2.66. The first-order valence-corrected chi connectivity index (χ1v) is 5.84. The van der Waals surface area contributed by atoms with Gasteiger partial charge in [-0.2, -0.15) is 0 Å². The van der Waals surface area contributed by atoms with Gasteiger partial charge in [-0.15, -0.1) is 0 Å². The van der Waals surface area contributed by atoms with E-state index in [1.165, 1.54) is 12.5 Å². The smallest absolute Gasteiger partial charge is 0.128 e. The summed E-state index contributed by atoms with van der Waals surface area (Å²) < 4.78 is 19.3. The molecule has 0 aromatic heterocycles. The van der Waals surface area contributed by atoms with E-state index < -0.39 is 0 Å². The monoisotopic (exact) mass is 223 g/mol. The number of halogens is 1. The highest BCUT2D eigenvalue weighted by Gasteiger charge is 2.21. The van der Waals surface area contributed by atoms with Gasteiger partial charge in [0.1, 0.15) is 5.82 Å². The summed E-state index contributed by atoms with van der Waals surface area (Å²) in [4.78, 5) is 0. The van der Waals surface area contributed by atoms with E-state index >= 15 is 0 Å². The molecule has 1 aliphatic rings. The molecule has 0 heterocycles. The van der Waals surface area contributed by atoms with Gasteiger partial charge in [0.25, 0.3) is 0 Å². The molecule has 2 rings (SSSR count). The van der Waals surface area contributed by atoms with Crippen LogP contribution < -0.4 is 5.32 Å². The maximum Gasteiger partial charge on any atom is 0.128 e. The number of rotatable bonds is 5. The number of hydrogen-bond acceptors (Lipinski definition) is 2. The molecule has 0 aliphatic heterocycles. The molecule has 1 saturated carbocycles. The summed E-state index contributed by atoms with van der Waals surface area (Å²) in [6.07, 6.45) is 3.94. The molecular formula is C13H18FNO. The Bertz CT molecular complexity index is 338. The normalized spacial score (nSPS) is 18.1. The summed E-state index contributed by atoms with van der Waals surface area (Å²) in [6, 6.07) is 6.80. The SMILES string of the molecule is CNC(COC1CCC1)c1ccccc1F. The van der Waals surface area contributed by atoms with Crippen molar-refractivity contribution in [2.45, 2.75) is 31.4 Å². The first-order valence-electron chi connectivity index (χ1n) is 5.84. The van der Waals surface area contributed by atoms with E-state index in [1.54, 1.807) is 12.1 Å². The number of nitrogens with one attached hydrogen (secondary N) is 1. The van der Waals surface area contributed by atoms with E-state index in [0.29, 0.717) is 18.3 Å². The van der Waals surface area contributed by atoms with Crippen molar-refractivity contribution in [1.82, 2.24) is 5.32 Å². The fraction of sp³-hybridized carbons (Fsp3) is 0.538. The van der Waals surface area contributed by atoms with Crippen LogP contribution in [-0.4, -0.2) is 19.8 Å². The number of ether oxygens (including phenoxy) is 1. The summed E-state index contributed by atoms with van der Waals surface area (Å²) in [7, 11) is 1.83. The second kappa shape index (κ2) is 5.41. The molecule has 0 bridgehead atoms. The minimum atomic E-state index is -0.168. The number of benzene rings is 1. The van der Waals surface area contributed by atoms with E-state index in [2.05, 4.69) is 5.32 Å². The number of hydrogen-bond donors (Lipinski definition) is 1. The van der Waals surface area contributed by atoms with Crippen LogP contribution in [0.2, 0.25) is 0 Å². The Balaban J connectivity index is 1.95. The Morgan fingerprint density at radius 1 is 1.44 bits per heavy atom. The lowest BCUT2D eigenvalue weighted by atomic mass is 9.96. The van der Waals surface area contributed by atoms with Gasteiger partial charge in [0.2, 0.25) is 0 Å². The van der Waals surface area contributed by atoms with Crippen molar-refractivity contribution in [3.05, 3.63) is 35.6 Å². The largest absolute Gasteiger partial charge is 0.376 e. The van der Waals surface area contributed by atoms with Crippen LogP contribution in [0.3, 0.4) is 0 Å². The second-order valence-corrected chi connectivity index (χ2v) is 4.25. The van der Waals surface area contributed by atoms with Gasteiger partial charge < -0.3 is 10.1 Å². The molecule has 0 spiro atoms. The summed E-state index contributed by atoms with van der Waals surface area (Å²) in [5.41, 5.74) is 0.685. The topological polar surface area (TPSA) is 21.3 Å². The quantitative estimate of drug-likeness (QED) is 0.828. The van der Waals surface area contributed by atoms with Crippen LogP contribution in [0.1, 0.15) is 30.9 Å². The molecule has 1 unspecified atom stereocenters. The molecular weight excluding hydrogens is 205 g/mol. The van der Waals surface area contributed by atoms with Crippen molar-refractivity contribution in [3.63, 3.8) is 0 Å².